The monoisotopic (exact) mass is 1810 g/mol. The van der Waals surface area contributed by atoms with Crippen LogP contribution in [-0.2, 0) is 12.8 Å². The van der Waals surface area contributed by atoms with Gasteiger partial charge in [-0.2, -0.15) is 0 Å². The molecule has 2 aromatic heterocycles. The number of nitrogens with zero attached hydrogens (tertiary/aromatic N) is 11. The second-order valence-corrected chi connectivity index (χ2v) is 42.3. The largest absolute Gasteiger partial charge is 0.371 e. The molecule has 20 rings (SSSR count). The SMILES string of the molecule is CC(C)N1CCN(CCNC2CCN(c3cccc(-c4cc5ccc(F)cc5[nH]4)c3)CC2)CC1.CCC(C)N1CCN(CCCNC2CCN(c3cccc(C4=Cc5ccccc5C4)c3)CC2)CC1.CN1CCN(C(C)(C)CNC2CCN(c3cccc(C4=Cc5ccccc5C4)c3)CC2)CC1.Cc1ccc(N2CCC(CC3CCN(C(C)C)CC3)CC2)cc1-c1cc2ccccc2[nH]1. The molecule has 17 heteroatoms. The van der Waals surface area contributed by atoms with E-state index in [1.54, 1.807) is 6.07 Å². The lowest BCUT2D eigenvalue weighted by Gasteiger charge is -2.44. The number of allylic oxidation sites excluding steroid dienone is 2. The first-order valence-electron chi connectivity index (χ1n) is 52.4. The Labute approximate surface area is 804 Å². The summed E-state index contributed by atoms with van der Waals surface area (Å²) in [5, 5.41) is 13.9. The number of anilines is 4. The number of halogens is 1. The van der Waals surface area contributed by atoms with Gasteiger partial charge >= 0.3 is 0 Å². The van der Waals surface area contributed by atoms with Crippen LogP contribution in [0.25, 0.3) is 67.6 Å². The van der Waals surface area contributed by atoms with Crippen molar-refractivity contribution < 1.29 is 4.39 Å². The molecule has 10 heterocycles. The summed E-state index contributed by atoms with van der Waals surface area (Å²) >= 11 is 0. The highest BCUT2D eigenvalue weighted by atomic mass is 19.1. The van der Waals surface area contributed by atoms with E-state index in [0.29, 0.717) is 30.2 Å². The molecule has 8 fully saturated rings. The maximum absolute atomic E-state index is 13.6. The van der Waals surface area contributed by atoms with Crippen LogP contribution in [0.15, 0.2) is 194 Å². The van der Waals surface area contributed by atoms with E-state index in [1.165, 1.54) is 296 Å². The van der Waals surface area contributed by atoms with Gasteiger partial charge in [0.1, 0.15) is 5.82 Å². The Kier molecular flexibility index (Phi) is 33.5. The van der Waals surface area contributed by atoms with Crippen LogP contribution in [0.4, 0.5) is 27.1 Å². The number of para-hydroxylation sites is 1. The summed E-state index contributed by atoms with van der Waals surface area (Å²) in [6.45, 7) is 52.9. The van der Waals surface area contributed by atoms with Crippen molar-refractivity contribution in [3.05, 3.63) is 239 Å². The predicted molar refractivity (Wildman–Crippen MR) is 568 cm³/mol. The molecule has 0 amide bonds. The maximum atomic E-state index is 13.6. The van der Waals surface area contributed by atoms with Gasteiger partial charge in [0.15, 0.2) is 0 Å². The van der Waals surface area contributed by atoms with E-state index >= 15 is 0 Å². The number of benzene rings is 8. The normalized spacial score (nSPS) is 19.9. The average Bonchev–Trinajstić information content (AvgIpc) is 1.67. The second kappa shape index (κ2) is 46.5. The van der Waals surface area contributed by atoms with Crippen molar-refractivity contribution in [3.8, 4) is 22.5 Å². The number of rotatable bonds is 27. The van der Waals surface area contributed by atoms with Crippen molar-refractivity contribution in [2.75, 3.05) is 203 Å². The van der Waals surface area contributed by atoms with Gasteiger partial charge in [0.05, 0.1) is 0 Å². The molecule has 2 aliphatic carbocycles. The molecular weight excluding hydrogens is 1650 g/mol. The molecule has 10 aromatic rings. The number of fused-ring (bicyclic) bond motifs is 4. The van der Waals surface area contributed by atoms with Gasteiger partial charge in [0, 0.05) is 254 Å². The number of likely N-dealkylation sites (tertiary alicyclic amines) is 1. The Hall–Kier alpha value is -8.95. The van der Waals surface area contributed by atoms with E-state index in [1.807, 2.05) is 6.07 Å². The fourth-order valence-electron chi connectivity index (χ4n) is 22.9. The van der Waals surface area contributed by atoms with E-state index in [2.05, 4.69) is 337 Å². The minimum absolute atomic E-state index is 0.208. The topological polar surface area (TPSA) is 103 Å². The minimum atomic E-state index is -0.208. The van der Waals surface area contributed by atoms with Crippen LogP contribution in [0.2, 0.25) is 0 Å². The minimum Gasteiger partial charge on any atom is -0.371 e. The molecule has 16 nitrogen and oxygen atoms in total. The molecule has 10 aliphatic rings. The first kappa shape index (κ1) is 96.7. The highest BCUT2D eigenvalue weighted by Crippen LogP contribution is 2.40. The molecule has 0 bridgehead atoms. The summed E-state index contributed by atoms with van der Waals surface area (Å²) in [4.78, 5) is 35.5. The van der Waals surface area contributed by atoms with Gasteiger partial charge in [-0.05, 0) is 337 Å². The fourth-order valence-corrected chi connectivity index (χ4v) is 22.9. The molecule has 0 spiro atoms. The van der Waals surface area contributed by atoms with Gasteiger partial charge < -0.3 is 60.2 Å². The van der Waals surface area contributed by atoms with Crippen LogP contribution < -0.4 is 35.6 Å². The Morgan fingerprint density at radius 3 is 1.42 bits per heavy atom. The molecule has 8 saturated heterocycles. The first-order valence-corrected chi connectivity index (χ1v) is 52.4. The maximum Gasteiger partial charge on any atom is 0.125 e. The van der Waals surface area contributed by atoms with E-state index in [4.69, 9.17) is 0 Å². The van der Waals surface area contributed by atoms with Crippen LogP contribution in [0.1, 0.15) is 178 Å². The molecule has 1 unspecified atom stereocenters. The molecule has 134 heavy (non-hydrogen) atoms. The number of aromatic nitrogens is 2. The average molecular weight is 1810 g/mol. The van der Waals surface area contributed by atoms with Crippen molar-refractivity contribution in [2.45, 2.75) is 200 Å². The number of likely N-dealkylation sites (N-methyl/N-ethyl adjacent to an activating group) is 1. The van der Waals surface area contributed by atoms with Crippen LogP contribution in [-0.4, -0.2) is 270 Å². The highest BCUT2D eigenvalue weighted by molar-refractivity contribution is 5.91. The number of H-pyrrole nitrogens is 2. The molecule has 8 aromatic carbocycles. The van der Waals surface area contributed by atoms with Crippen molar-refractivity contribution in [1.82, 2.24) is 60.2 Å². The van der Waals surface area contributed by atoms with Crippen molar-refractivity contribution in [1.29, 1.82) is 0 Å². The summed E-state index contributed by atoms with van der Waals surface area (Å²) in [6, 6.07) is 73.6. The van der Waals surface area contributed by atoms with Crippen LogP contribution in [0.3, 0.4) is 0 Å². The quantitative estimate of drug-likeness (QED) is 0.0316. The van der Waals surface area contributed by atoms with Crippen molar-refractivity contribution in [3.63, 3.8) is 0 Å². The van der Waals surface area contributed by atoms with Gasteiger partial charge in [0.2, 0.25) is 0 Å². The standard InChI is InChI=1S/C31H44N4.C29H40N4.C29H39N3.C28H38FN5/c1-3-25(2)34-20-18-33(19-21-34)15-7-14-32-30-12-16-35(17-13-30)31-11-6-10-28(24-31)29-22-26-8-4-5-9-27(26)23-29;1-29(2,33-17-15-31(3)16-18-33)22-30-27-11-13-32(14-12-27)28-10-6-9-25(21-28)26-19-23-7-4-5-8-24(23)20-26;1-21(2)31-14-10-23(11-15-31)18-24-12-16-32(17-13-24)26-9-8-22(3)27(20-26)29-19-25-6-4-5-7-28(25)30-29;1-21(2)33-16-14-32(15-17-33)13-10-30-25-8-11-34(12-9-25)26-5-3-4-22(18-26)27-19-23-6-7-24(29)20-28(23)31-27/h4-6,8-11,22,24-25,30,32H,3,7,12-21,23H2,1-2H3;4-10,19,21,27,30H,11-18,20,22H2,1-3H3;4-9,19-21,23-24,30H,10-18H2,1-3H3;3-7,18-21,25,30-31H,8-17H2,1-2H3. The third kappa shape index (κ3) is 25.7. The Bertz CT molecular complexity index is 5370. The van der Waals surface area contributed by atoms with E-state index < -0.39 is 0 Å². The van der Waals surface area contributed by atoms with Gasteiger partial charge in [-0.15, -0.1) is 0 Å². The smallest absolute Gasteiger partial charge is 0.125 e. The third-order valence-corrected chi connectivity index (χ3v) is 32.2. The number of nitrogens with one attached hydrogen (secondary N) is 5. The number of piperazine rings is 3. The summed E-state index contributed by atoms with van der Waals surface area (Å²) in [6.07, 6.45) is 23.6. The molecule has 0 saturated carbocycles. The lowest BCUT2D eigenvalue weighted by atomic mass is 9.82. The Morgan fingerprint density at radius 2 is 0.866 bits per heavy atom. The predicted octanol–water partition coefficient (Wildman–Crippen LogP) is 20.9. The number of aryl methyl sites for hydroxylation is 1. The van der Waals surface area contributed by atoms with Crippen LogP contribution in [0, 0.1) is 24.6 Å². The zero-order valence-electron chi connectivity index (χ0n) is 83.2. The van der Waals surface area contributed by atoms with Gasteiger partial charge in [0.25, 0.3) is 0 Å². The van der Waals surface area contributed by atoms with E-state index in [-0.39, 0.29) is 11.4 Å². The Morgan fingerprint density at radius 1 is 0.403 bits per heavy atom. The second-order valence-electron chi connectivity index (χ2n) is 42.3. The molecule has 8 aliphatic heterocycles. The van der Waals surface area contributed by atoms with Gasteiger partial charge in [-0.25, -0.2) is 4.39 Å². The lowest BCUT2D eigenvalue weighted by molar-refractivity contribution is 0.0595. The summed E-state index contributed by atoms with van der Waals surface area (Å²) in [5.41, 5.74) is 25.1. The number of hydrogen-bond donors (Lipinski definition) is 5. The van der Waals surface area contributed by atoms with Crippen LogP contribution in [0.5, 0.6) is 0 Å². The van der Waals surface area contributed by atoms with Crippen LogP contribution >= 0.6 is 0 Å². The molecular formula is C117H161FN16. The zero-order valence-corrected chi connectivity index (χ0v) is 83.2. The van der Waals surface area contributed by atoms with Gasteiger partial charge in [-0.3, -0.25) is 19.6 Å². The van der Waals surface area contributed by atoms with Crippen molar-refractivity contribution in [2.24, 2.45) is 11.8 Å². The number of piperidine rings is 5. The summed E-state index contributed by atoms with van der Waals surface area (Å²) in [5.74, 6) is 1.66. The number of hydrogen-bond acceptors (Lipinski definition) is 14. The van der Waals surface area contributed by atoms with E-state index in [0.717, 1.165) is 118 Å². The Balaban J connectivity index is 0.000000124. The zero-order chi connectivity index (χ0) is 92.4. The van der Waals surface area contributed by atoms with E-state index in [9.17, 15) is 4.39 Å². The lowest BCUT2D eigenvalue weighted by Crippen LogP contribution is -2.58. The molecule has 5 N–H and O–H groups in total. The summed E-state index contributed by atoms with van der Waals surface area (Å²) in [7, 11) is 2.23. The van der Waals surface area contributed by atoms with Gasteiger partial charge in [-0.1, -0.05) is 128 Å². The van der Waals surface area contributed by atoms with Crippen molar-refractivity contribution >= 4 is 67.9 Å². The molecule has 716 valence electrons. The molecule has 0 radical (unpaired) electrons. The molecule has 1 atom stereocenters. The third-order valence-electron chi connectivity index (χ3n) is 32.2. The number of aromatic amines is 2. The highest BCUT2D eigenvalue weighted by Gasteiger charge is 2.34. The fraction of sp³-hybridized carbons (Fsp3) is 0.521. The summed E-state index contributed by atoms with van der Waals surface area (Å²) < 4.78 is 13.6. The first-order chi connectivity index (χ1) is 65.3.